The van der Waals surface area contributed by atoms with E-state index in [4.69, 9.17) is 4.74 Å². The third-order valence-electron chi connectivity index (χ3n) is 2.96. The fraction of sp³-hybridized carbons (Fsp3) is 0.308. The second-order valence-corrected chi connectivity index (χ2v) is 5.59. The van der Waals surface area contributed by atoms with E-state index in [1.807, 2.05) is 42.5 Å². The minimum absolute atomic E-state index is 0.393. The Morgan fingerprint density at radius 1 is 1.29 bits per heavy atom. The van der Waals surface area contributed by atoms with Crippen LogP contribution in [0.3, 0.4) is 0 Å². The van der Waals surface area contributed by atoms with Gasteiger partial charge in [-0.25, -0.2) is 0 Å². The molecule has 0 bridgehead atoms. The highest BCUT2D eigenvalue weighted by atomic mass is 32.2. The summed E-state index contributed by atoms with van der Waals surface area (Å²) in [7, 11) is 0.0570. The number of hydrogen-bond donors (Lipinski definition) is 0. The molecule has 2 rings (SSSR count). The Morgan fingerprint density at radius 2 is 2.00 bits per heavy atom. The summed E-state index contributed by atoms with van der Waals surface area (Å²) in [6.45, 7) is 0. The average Bonchev–Trinajstić information content (AvgIpc) is 2.39. The van der Waals surface area contributed by atoms with Crippen LogP contribution in [-0.4, -0.2) is 23.0 Å². The molecule has 1 aromatic rings. The van der Waals surface area contributed by atoms with Crippen LogP contribution in [0, 0.1) is 0 Å². The summed E-state index contributed by atoms with van der Waals surface area (Å²) in [5.74, 6) is -0.0318. The molecule has 1 aliphatic rings. The summed E-state index contributed by atoms with van der Waals surface area (Å²) in [6.07, 6.45) is 4.17. The van der Waals surface area contributed by atoms with Crippen LogP contribution < -0.4 is 0 Å². The number of carbonyl (C=O) groups is 1. The fourth-order valence-corrected chi connectivity index (χ4v) is 3.60. The zero-order chi connectivity index (χ0) is 12.3. The first-order valence-corrected chi connectivity index (χ1v) is 6.71. The van der Waals surface area contributed by atoms with Gasteiger partial charge in [-0.2, -0.15) is 0 Å². The molecule has 1 aliphatic heterocycles. The summed E-state index contributed by atoms with van der Waals surface area (Å²) in [5.41, 5.74) is 0.759. The van der Waals surface area contributed by atoms with E-state index < -0.39 is 21.5 Å². The van der Waals surface area contributed by atoms with Crippen molar-refractivity contribution in [1.82, 2.24) is 0 Å². The van der Waals surface area contributed by atoms with Gasteiger partial charge in [-0.15, -0.1) is 0 Å². The molecule has 0 saturated heterocycles. The van der Waals surface area contributed by atoms with Crippen LogP contribution in [0.2, 0.25) is 0 Å². The Hall–Kier alpha value is -1.42. The predicted octanol–water partition coefficient (Wildman–Crippen LogP) is 1.76. The Labute approximate surface area is 103 Å². The Bertz CT molecular complexity index is 467. The minimum atomic E-state index is -1.28. The van der Waals surface area contributed by atoms with E-state index in [0.717, 1.165) is 5.56 Å². The largest absolute Gasteiger partial charge is 0.468 e. The van der Waals surface area contributed by atoms with Crippen molar-refractivity contribution < 1.29 is 13.7 Å². The first kappa shape index (κ1) is 12.0. The molecule has 1 heterocycles. The summed E-state index contributed by atoms with van der Waals surface area (Å²) in [5, 5.41) is 0. The molecule has 0 saturated carbocycles. The third-order valence-corrected chi connectivity index (χ3v) is 4.81. The summed E-state index contributed by atoms with van der Waals surface area (Å²) in [6, 6.07) is 9.21. The molecule has 90 valence electrons. The molecular weight excluding hydrogens is 236 g/mol. The van der Waals surface area contributed by atoms with Gasteiger partial charge in [0.1, 0.15) is 0 Å². The number of hydrogen-bond acceptors (Lipinski definition) is 3. The molecule has 1 aromatic carbocycles. The molecule has 0 aromatic heterocycles. The van der Waals surface area contributed by atoms with Gasteiger partial charge in [0.25, 0.3) is 0 Å². The fourth-order valence-electron chi connectivity index (χ4n) is 2.06. The average molecular weight is 250 g/mol. The lowest BCUT2D eigenvalue weighted by molar-refractivity contribution is -0.143. The maximum atomic E-state index is 12.3. The van der Waals surface area contributed by atoms with Gasteiger partial charge in [-0.05, 0) is 12.0 Å². The SMILES string of the molecule is COC(=O)[C@]1(c2ccccc2)CC=CC[S@]1=O. The summed E-state index contributed by atoms with van der Waals surface area (Å²) < 4.78 is 16.1. The lowest BCUT2D eigenvalue weighted by Gasteiger charge is -2.31. The second-order valence-electron chi connectivity index (χ2n) is 3.87. The highest BCUT2D eigenvalue weighted by molar-refractivity contribution is 7.87. The van der Waals surface area contributed by atoms with Crippen molar-refractivity contribution in [3.63, 3.8) is 0 Å². The number of carbonyl (C=O) groups excluding carboxylic acids is 1. The van der Waals surface area contributed by atoms with Crippen molar-refractivity contribution in [2.75, 3.05) is 12.9 Å². The molecule has 0 amide bonds. The highest BCUT2D eigenvalue weighted by Crippen LogP contribution is 2.36. The topological polar surface area (TPSA) is 43.4 Å². The number of methoxy groups -OCH3 is 1. The highest BCUT2D eigenvalue weighted by Gasteiger charge is 2.47. The number of esters is 1. The Kier molecular flexibility index (Phi) is 3.43. The van der Waals surface area contributed by atoms with Crippen LogP contribution in [0.25, 0.3) is 0 Å². The summed E-state index contributed by atoms with van der Waals surface area (Å²) >= 11 is 0. The van der Waals surface area contributed by atoms with Crippen molar-refractivity contribution >= 4 is 16.8 Å². The van der Waals surface area contributed by atoms with E-state index in [2.05, 4.69) is 0 Å². The van der Waals surface area contributed by atoms with Crippen LogP contribution in [0.5, 0.6) is 0 Å². The third kappa shape index (κ3) is 1.93. The lowest BCUT2D eigenvalue weighted by Crippen LogP contribution is -2.43. The van der Waals surface area contributed by atoms with Crippen molar-refractivity contribution in [3.8, 4) is 0 Å². The van der Waals surface area contributed by atoms with Gasteiger partial charge < -0.3 is 4.74 Å². The van der Waals surface area contributed by atoms with E-state index in [-0.39, 0.29) is 0 Å². The van der Waals surface area contributed by atoms with E-state index in [1.54, 1.807) is 0 Å². The minimum Gasteiger partial charge on any atom is -0.468 e. The van der Waals surface area contributed by atoms with Gasteiger partial charge in [-0.1, -0.05) is 42.5 Å². The van der Waals surface area contributed by atoms with Crippen LogP contribution in [0.4, 0.5) is 0 Å². The lowest BCUT2D eigenvalue weighted by atomic mass is 9.94. The Morgan fingerprint density at radius 3 is 2.59 bits per heavy atom. The zero-order valence-corrected chi connectivity index (χ0v) is 10.4. The first-order chi connectivity index (χ1) is 8.21. The van der Waals surface area contributed by atoms with Crippen LogP contribution >= 0.6 is 0 Å². The maximum Gasteiger partial charge on any atom is 0.329 e. The first-order valence-electron chi connectivity index (χ1n) is 5.39. The second kappa shape index (κ2) is 4.84. The molecule has 3 nitrogen and oxygen atoms in total. The van der Waals surface area contributed by atoms with Crippen LogP contribution in [-0.2, 0) is 25.1 Å². The van der Waals surface area contributed by atoms with Gasteiger partial charge >= 0.3 is 5.97 Å². The van der Waals surface area contributed by atoms with Crippen LogP contribution in [0.15, 0.2) is 42.5 Å². The Balaban J connectivity index is 2.55. The molecular formula is C13H14O3S. The standard InChI is InChI=1S/C13H14O3S/c1-16-12(14)13(9-5-6-10-17(13)15)11-7-3-2-4-8-11/h2-8H,9-10H2,1H3/t13-,17-/m1/s1. The van der Waals surface area contributed by atoms with Gasteiger partial charge in [0, 0.05) is 16.6 Å². The van der Waals surface area contributed by atoms with Gasteiger partial charge in [0.05, 0.1) is 7.11 Å². The van der Waals surface area contributed by atoms with Crippen LogP contribution in [0.1, 0.15) is 12.0 Å². The maximum absolute atomic E-state index is 12.3. The van der Waals surface area contributed by atoms with Gasteiger partial charge in [0.2, 0.25) is 0 Å². The molecule has 0 radical (unpaired) electrons. The molecule has 0 spiro atoms. The van der Waals surface area contributed by atoms with Crippen molar-refractivity contribution in [3.05, 3.63) is 48.0 Å². The van der Waals surface area contributed by atoms with Crippen molar-refractivity contribution in [2.45, 2.75) is 11.2 Å². The predicted molar refractivity (Wildman–Crippen MR) is 66.9 cm³/mol. The van der Waals surface area contributed by atoms with Crippen molar-refractivity contribution in [1.29, 1.82) is 0 Å². The molecule has 0 aliphatic carbocycles. The van der Waals surface area contributed by atoms with E-state index in [1.165, 1.54) is 7.11 Å². The number of benzene rings is 1. The van der Waals surface area contributed by atoms with E-state index in [0.29, 0.717) is 12.2 Å². The smallest absolute Gasteiger partial charge is 0.329 e. The monoisotopic (exact) mass is 250 g/mol. The van der Waals surface area contributed by atoms with E-state index in [9.17, 15) is 9.00 Å². The molecule has 0 fully saturated rings. The molecule has 4 heteroatoms. The quantitative estimate of drug-likeness (QED) is 0.593. The number of allylic oxidation sites excluding steroid dienone is 1. The number of rotatable bonds is 2. The van der Waals surface area contributed by atoms with Crippen molar-refractivity contribution in [2.24, 2.45) is 0 Å². The van der Waals surface area contributed by atoms with Gasteiger partial charge in [-0.3, -0.25) is 9.00 Å². The molecule has 2 atom stereocenters. The summed E-state index contributed by atoms with van der Waals surface area (Å²) in [4.78, 5) is 12.1. The van der Waals surface area contributed by atoms with Gasteiger partial charge in [0.15, 0.2) is 4.75 Å². The molecule has 0 N–H and O–H groups in total. The molecule has 0 unspecified atom stereocenters. The normalized spacial score (nSPS) is 27.7. The van der Waals surface area contributed by atoms with E-state index >= 15 is 0 Å². The molecule has 17 heavy (non-hydrogen) atoms. The number of ether oxygens (including phenoxy) is 1. The zero-order valence-electron chi connectivity index (χ0n) is 9.59.